The van der Waals surface area contributed by atoms with Gasteiger partial charge in [-0.05, 0) is 54.8 Å². The molecular weight excluding hydrogens is 282 g/mol. The number of hydrogen-bond donors (Lipinski definition) is 0. The van der Waals surface area contributed by atoms with Gasteiger partial charge in [-0.3, -0.25) is 0 Å². The van der Waals surface area contributed by atoms with Crippen LogP contribution in [0.1, 0.15) is 23.2 Å². The molecule has 102 valence electrons. The first-order valence-electron chi connectivity index (χ1n) is 6.80. The highest BCUT2D eigenvalue weighted by molar-refractivity contribution is 7.99. The van der Waals surface area contributed by atoms with E-state index in [0.29, 0.717) is 15.8 Å². The smallest absolute Gasteiger partial charge is 0.263 e. The number of benzene rings is 1. The van der Waals surface area contributed by atoms with Gasteiger partial charge in [0, 0.05) is 5.69 Å². The summed E-state index contributed by atoms with van der Waals surface area (Å²) in [6, 6.07) is 11.8. The quantitative estimate of drug-likeness (QED) is 0.720. The molecule has 0 aliphatic heterocycles. The van der Waals surface area contributed by atoms with Crippen molar-refractivity contribution in [3.05, 3.63) is 47.2 Å². The van der Waals surface area contributed by atoms with Gasteiger partial charge in [0.15, 0.2) is 5.58 Å². The minimum atomic E-state index is 0.526. The van der Waals surface area contributed by atoms with Crippen LogP contribution in [0.25, 0.3) is 11.1 Å². The second-order valence-corrected chi connectivity index (χ2v) is 5.90. The van der Waals surface area contributed by atoms with E-state index in [2.05, 4.69) is 16.0 Å². The van der Waals surface area contributed by atoms with E-state index in [1.165, 1.54) is 17.3 Å². The van der Waals surface area contributed by atoms with Gasteiger partial charge < -0.3 is 4.42 Å². The van der Waals surface area contributed by atoms with Crippen molar-refractivity contribution < 1.29 is 4.42 Å². The van der Waals surface area contributed by atoms with Crippen LogP contribution in [-0.2, 0) is 12.8 Å². The molecule has 0 N–H and O–H groups in total. The maximum Gasteiger partial charge on any atom is 0.263 e. The van der Waals surface area contributed by atoms with Gasteiger partial charge in [0.25, 0.3) is 5.22 Å². The number of nitriles is 1. The summed E-state index contributed by atoms with van der Waals surface area (Å²) >= 11 is 1.32. The van der Waals surface area contributed by atoms with E-state index >= 15 is 0 Å². The average Bonchev–Trinajstić information content (AvgIpc) is 3.11. The molecule has 1 aromatic carbocycles. The van der Waals surface area contributed by atoms with E-state index < -0.39 is 0 Å². The summed E-state index contributed by atoms with van der Waals surface area (Å²) in [6.45, 7) is 0. The lowest BCUT2D eigenvalue weighted by Crippen LogP contribution is -1.94. The number of oxazole rings is 1. The molecule has 0 bridgehead atoms. The minimum Gasteiger partial charge on any atom is -0.431 e. The fourth-order valence-corrected chi connectivity index (χ4v) is 3.40. The van der Waals surface area contributed by atoms with Gasteiger partial charge in [0.2, 0.25) is 0 Å². The SMILES string of the molecule is N#Cc1cc2c(nc1Sc1nc3ccccc3o1)CCC2. The first-order valence-corrected chi connectivity index (χ1v) is 7.61. The van der Waals surface area contributed by atoms with Crippen molar-refractivity contribution in [2.24, 2.45) is 0 Å². The Balaban J connectivity index is 1.75. The summed E-state index contributed by atoms with van der Waals surface area (Å²) in [4.78, 5) is 9.05. The molecule has 0 amide bonds. The molecule has 0 atom stereocenters. The normalized spacial score (nSPS) is 13.3. The molecule has 2 aromatic heterocycles. The van der Waals surface area contributed by atoms with Crippen molar-refractivity contribution in [2.75, 3.05) is 0 Å². The van der Waals surface area contributed by atoms with Crippen LogP contribution in [0.5, 0.6) is 0 Å². The lowest BCUT2D eigenvalue weighted by Gasteiger charge is -2.04. The molecule has 0 unspecified atom stereocenters. The molecule has 5 heteroatoms. The summed E-state index contributed by atoms with van der Waals surface area (Å²) in [7, 11) is 0. The molecule has 0 spiro atoms. The van der Waals surface area contributed by atoms with Crippen LogP contribution in [0, 0.1) is 11.3 Å². The summed E-state index contributed by atoms with van der Waals surface area (Å²) < 4.78 is 5.69. The standard InChI is InChI=1S/C16H11N3OS/c17-9-11-8-10-4-3-6-12(10)18-15(11)21-16-19-13-5-1-2-7-14(13)20-16/h1-2,5,7-8H,3-4,6H2. The molecule has 0 saturated carbocycles. The topological polar surface area (TPSA) is 62.7 Å². The van der Waals surface area contributed by atoms with E-state index in [1.807, 2.05) is 30.3 Å². The second-order valence-electron chi connectivity index (χ2n) is 4.96. The van der Waals surface area contributed by atoms with Crippen LogP contribution in [-0.4, -0.2) is 9.97 Å². The van der Waals surface area contributed by atoms with Crippen LogP contribution >= 0.6 is 11.8 Å². The predicted molar refractivity (Wildman–Crippen MR) is 79.1 cm³/mol. The largest absolute Gasteiger partial charge is 0.431 e. The van der Waals surface area contributed by atoms with Crippen molar-refractivity contribution in [2.45, 2.75) is 29.5 Å². The van der Waals surface area contributed by atoms with Crippen LogP contribution in [0.2, 0.25) is 0 Å². The summed E-state index contributed by atoms with van der Waals surface area (Å²) in [5, 5.41) is 10.5. The number of aromatic nitrogens is 2. The zero-order chi connectivity index (χ0) is 14.2. The molecule has 21 heavy (non-hydrogen) atoms. The van der Waals surface area contributed by atoms with Crippen molar-refractivity contribution >= 4 is 22.9 Å². The molecule has 4 nitrogen and oxygen atoms in total. The Morgan fingerprint density at radius 1 is 1.19 bits per heavy atom. The highest BCUT2D eigenvalue weighted by Gasteiger charge is 2.18. The van der Waals surface area contributed by atoms with E-state index in [-0.39, 0.29) is 0 Å². The predicted octanol–water partition coefficient (Wildman–Crippen LogP) is 3.73. The Bertz CT molecular complexity index is 846. The van der Waals surface area contributed by atoms with Crippen LogP contribution < -0.4 is 0 Å². The summed E-state index contributed by atoms with van der Waals surface area (Å²) in [5.74, 6) is 0. The first kappa shape index (κ1) is 12.4. The number of rotatable bonds is 2. The third kappa shape index (κ3) is 2.18. The highest BCUT2D eigenvalue weighted by Crippen LogP contribution is 2.33. The number of aryl methyl sites for hydroxylation is 2. The minimum absolute atomic E-state index is 0.526. The molecule has 3 aromatic rings. The van der Waals surface area contributed by atoms with Crippen molar-refractivity contribution in [3.63, 3.8) is 0 Å². The molecule has 2 heterocycles. The Morgan fingerprint density at radius 2 is 2.10 bits per heavy atom. The van der Waals surface area contributed by atoms with Crippen molar-refractivity contribution in [1.82, 2.24) is 9.97 Å². The lowest BCUT2D eigenvalue weighted by atomic mass is 10.2. The molecule has 0 saturated heterocycles. The van der Waals surface area contributed by atoms with Crippen molar-refractivity contribution in [3.8, 4) is 6.07 Å². The van der Waals surface area contributed by atoms with Crippen LogP contribution in [0.15, 0.2) is 45.0 Å². The first-order chi connectivity index (χ1) is 10.3. The average molecular weight is 293 g/mol. The second kappa shape index (κ2) is 4.90. The molecule has 0 fully saturated rings. The summed E-state index contributed by atoms with van der Waals surface area (Å²) in [6.07, 6.45) is 3.12. The van der Waals surface area contributed by atoms with Crippen LogP contribution in [0.4, 0.5) is 0 Å². The molecule has 1 aliphatic rings. The van der Waals surface area contributed by atoms with Gasteiger partial charge >= 0.3 is 0 Å². The van der Waals surface area contributed by atoms with E-state index in [4.69, 9.17) is 4.42 Å². The van der Waals surface area contributed by atoms with Gasteiger partial charge in [-0.25, -0.2) is 9.97 Å². The Hall–Kier alpha value is -2.32. The van der Waals surface area contributed by atoms with Gasteiger partial charge in [-0.15, -0.1) is 0 Å². The van der Waals surface area contributed by atoms with Gasteiger partial charge in [-0.2, -0.15) is 5.26 Å². The number of pyridine rings is 1. The van der Waals surface area contributed by atoms with Gasteiger partial charge in [-0.1, -0.05) is 12.1 Å². The molecular formula is C16H11N3OS. The maximum atomic E-state index is 9.31. The number of nitrogens with zero attached hydrogens (tertiary/aromatic N) is 3. The fraction of sp³-hybridized carbons (Fsp3) is 0.188. The molecule has 0 radical (unpaired) electrons. The van der Waals surface area contributed by atoms with Crippen LogP contribution in [0.3, 0.4) is 0 Å². The maximum absolute atomic E-state index is 9.31. The van der Waals surface area contributed by atoms with Gasteiger partial charge in [0.05, 0.1) is 5.56 Å². The third-order valence-corrected chi connectivity index (χ3v) is 4.45. The molecule has 4 rings (SSSR count). The van der Waals surface area contributed by atoms with E-state index in [0.717, 1.165) is 36.1 Å². The number of para-hydroxylation sites is 2. The van der Waals surface area contributed by atoms with Crippen molar-refractivity contribution in [1.29, 1.82) is 5.26 Å². The Labute approximate surface area is 125 Å². The van der Waals surface area contributed by atoms with E-state index in [1.54, 1.807) is 0 Å². The monoisotopic (exact) mass is 293 g/mol. The van der Waals surface area contributed by atoms with Gasteiger partial charge in [0.1, 0.15) is 16.6 Å². The number of hydrogen-bond acceptors (Lipinski definition) is 5. The van der Waals surface area contributed by atoms with E-state index in [9.17, 15) is 5.26 Å². The fourth-order valence-electron chi connectivity index (χ4n) is 2.59. The lowest BCUT2D eigenvalue weighted by molar-refractivity contribution is 0.489. The molecule has 1 aliphatic carbocycles. The summed E-state index contributed by atoms with van der Waals surface area (Å²) in [5.41, 5.74) is 4.48. The highest BCUT2D eigenvalue weighted by atomic mass is 32.2. The number of fused-ring (bicyclic) bond motifs is 2. The Kier molecular flexibility index (Phi) is 2.90. The third-order valence-electron chi connectivity index (χ3n) is 3.59. The zero-order valence-electron chi connectivity index (χ0n) is 11.2. The zero-order valence-corrected chi connectivity index (χ0v) is 12.0. The Morgan fingerprint density at radius 3 is 2.95 bits per heavy atom.